The number of hydrogen-bond donors (Lipinski definition) is 2. The Morgan fingerprint density at radius 3 is 2.92 bits per heavy atom. The zero-order valence-electron chi connectivity index (χ0n) is 7.48. The molecule has 0 unspecified atom stereocenters. The quantitative estimate of drug-likeness (QED) is 0.489. The molecule has 1 rings (SSSR count). The fraction of sp³-hybridized carbons (Fsp3) is 0.286. The molecular formula is C7H11N5O. The minimum Gasteiger partial charge on any atom is -0.350 e. The van der Waals surface area contributed by atoms with Crippen molar-refractivity contribution in [3.63, 3.8) is 0 Å². The summed E-state index contributed by atoms with van der Waals surface area (Å²) in [6.07, 6.45) is 3.45. The van der Waals surface area contributed by atoms with Crippen LogP contribution >= 0.6 is 0 Å². The Morgan fingerprint density at radius 2 is 2.46 bits per heavy atom. The lowest BCUT2D eigenvalue weighted by atomic mass is 10.2. The fourth-order valence-electron chi connectivity index (χ4n) is 0.812. The van der Waals surface area contributed by atoms with Gasteiger partial charge >= 0.3 is 6.03 Å². The van der Waals surface area contributed by atoms with E-state index in [1.807, 2.05) is 0 Å². The molecular weight excluding hydrogens is 170 g/mol. The van der Waals surface area contributed by atoms with Gasteiger partial charge in [-0.2, -0.15) is 10.2 Å². The summed E-state index contributed by atoms with van der Waals surface area (Å²) in [5, 5.41) is 7.70. The van der Waals surface area contributed by atoms with Crippen molar-refractivity contribution in [3.05, 3.63) is 18.0 Å². The number of urea groups is 1. The standard InChI is InChI=1S/C7H11N5O/c1-5(10-11-7(8)13)6-3-9-12(2)4-6/h3-4H,1-2H3,(H3,8,11,13)/b10-5+. The lowest BCUT2D eigenvalue weighted by Crippen LogP contribution is -2.25. The number of primary amides is 1. The number of nitrogens with zero attached hydrogens (tertiary/aromatic N) is 3. The zero-order valence-corrected chi connectivity index (χ0v) is 7.48. The average molecular weight is 181 g/mol. The molecule has 0 saturated heterocycles. The zero-order chi connectivity index (χ0) is 9.84. The van der Waals surface area contributed by atoms with E-state index < -0.39 is 6.03 Å². The predicted molar refractivity (Wildman–Crippen MR) is 48.1 cm³/mol. The van der Waals surface area contributed by atoms with Gasteiger partial charge in [-0.3, -0.25) is 4.68 Å². The van der Waals surface area contributed by atoms with E-state index in [0.717, 1.165) is 5.56 Å². The summed E-state index contributed by atoms with van der Waals surface area (Å²) < 4.78 is 1.65. The summed E-state index contributed by atoms with van der Waals surface area (Å²) in [4.78, 5) is 10.3. The summed E-state index contributed by atoms with van der Waals surface area (Å²) in [5.41, 5.74) is 8.49. The van der Waals surface area contributed by atoms with Crippen molar-refractivity contribution in [1.29, 1.82) is 0 Å². The number of carbonyl (C=O) groups is 1. The molecule has 1 aromatic rings. The minimum atomic E-state index is -0.678. The lowest BCUT2D eigenvalue weighted by Gasteiger charge is -1.95. The van der Waals surface area contributed by atoms with Crippen LogP contribution in [0.4, 0.5) is 4.79 Å². The number of aromatic nitrogens is 2. The van der Waals surface area contributed by atoms with Gasteiger partial charge in [-0.15, -0.1) is 0 Å². The van der Waals surface area contributed by atoms with Crippen LogP contribution in [0, 0.1) is 0 Å². The first-order chi connectivity index (χ1) is 6.09. The van der Waals surface area contributed by atoms with E-state index in [2.05, 4.69) is 15.6 Å². The molecule has 0 bridgehead atoms. The summed E-state index contributed by atoms with van der Waals surface area (Å²) >= 11 is 0. The Balaban J connectivity index is 2.72. The molecule has 3 N–H and O–H groups in total. The predicted octanol–water partition coefficient (Wildman–Crippen LogP) is -0.188. The van der Waals surface area contributed by atoms with Crippen molar-refractivity contribution in [3.8, 4) is 0 Å². The van der Waals surface area contributed by atoms with Gasteiger partial charge in [0.05, 0.1) is 11.9 Å². The Labute approximate surface area is 75.4 Å². The van der Waals surface area contributed by atoms with Gasteiger partial charge in [-0.25, -0.2) is 10.2 Å². The molecule has 0 radical (unpaired) electrons. The highest BCUT2D eigenvalue weighted by Crippen LogP contribution is 1.97. The van der Waals surface area contributed by atoms with Crippen LogP contribution in [0.1, 0.15) is 12.5 Å². The highest BCUT2D eigenvalue weighted by molar-refractivity contribution is 5.98. The Kier molecular flexibility index (Phi) is 2.63. The number of amides is 2. The molecule has 0 spiro atoms. The van der Waals surface area contributed by atoms with Gasteiger partial charge in [-0.05, 0) is 6.92 Å². The molecule has 0 saturated carbocycles. The normalized spacial score (nSPS) is 11.4. The molecule has 0 aliphatic carbocycles. The summed E-state index contributed by atoms with van der Waals surface area (Å²) in [6.45, 7) is 1.76. The van der Waals surface area contributed by atoms with E-state index >= 15 is 0 Å². The number of carbonyl (C=O) groups excluding carboxylic acids is 1. The third-order valence-corrected chi connectivity index (χ3v) is 1.46. The number of aryl methyl sites for hydroxylation is 1. The van der Waals surface area contributed by atoms with Crippen LogP contribution in [-0.2, 0) is 7.05 Å². The smallest absolute Gasteiger partial charge is 0.332 e. The van der Waals surface area contributed by atoms with E-state index in [4.69, 9.17) is 5.73 Å². The van der Waals surface area contributed by atoms with Crippen LogP contribution in [0.15, 0.2) is 17.5 Å². The maximum atomic E-state index is 10.3. The maximum absolute atomic E-state index is 10.3. The van der Waals surface area contributed by atoms with Crippen molar-refractivity contribution in [2.75, 3.05) is 0 Å². The molecule has 70 valence electrons. The Bertz CT molecular complexity index is 340. The number of hydrogen-bond acceptors (Lipinski definition) is 3. The second kappa shape index (κ2) is 3.70. The third-order valence-electron chi connectivity index (χ3n) is 1.46. The van der Waals surface area contributed by atoms with Gasteiger partial charge in [0.2, 0.25) is 0 Å². The summed E-state index contributed by atoms with van der Waals surface area (Å²) in [6, 6.07) is -0.678. The average Bonchev–Trinajstić information content (AvgIpc) is 2.47. The second-order valence-electron chi connectivity index (χ2n) is 2.58. The first-order valence-corrected chi connectivity index (χ1v) is 3.68. The van der Waals surface area contributed by atoms with E-state index in [1.54, 1.807) is 31.0 Å². The molecule has 0 atom stereocenters. The van der Waals surface area contributed by atoms with Crippen molar-refractivity contribution in [2.45, 2.75) is 6.92 Å². The van der Waals surface area contributed by atoms with Crippen LogP contribution in [0.3, 0.4) is 0 Å². The first-order valence-electron chi connectivity index (χ1n) is 3.68. The molecule has 6 nitrogen and oxygen atoms in total. The molecule has 13 heavy (non-hydrogen) atoms. The molecule has 0 aliphatic heterocycles. The maximum Gasteiger partial charge on any atom is 0.332 e. The number of hydrazone groups is 1. The highest BCUT2D eigenvalue weighted by Gasteiger charge is 1.99. The Hall–Kier alpha value is -1.85. The largest absolute Gasteiger partial charge is 0.350 e. The first kappa shape index (κ1) is 9.24. The van der Waals surface area contributed by atoms with E-state index in [1.165, 1.54) is 0 Å². The topological polar surface area (TPSA) is 85.3 Å². The monoisotopic (exact) mass is 181 g/mol. The molecule has 1 aromatic heterocycles. The van der Waals surface area contributed by atoms with Crippen molar-refractivity contribution >= 4 is 11.7 Å². The van der Waals surface area contributed by atoms with Crippen molar-refractivity contribution in [2.24, 2.45) is 17.9 Å². The molecule has 0 aromatic carbocycles. The van der Waals surface area contributed by atoms with E-state index in [0.29, 0.717) is 5.71 Å². The van der Waals surface area contributed by atoms with Crippen LogP contribution in [-0.4, -0.2) is 21.5 Å². The van der Waals surface area contributed by atoms with E-state index in [-0.39, 0.29) is 0 Å². The van der Waals surface area contributed by atoms with E-state index in [9.17, 15) is 4.79 Å². The van der Waals surface area contributed by atoms with Crippen LogP contribution in [0.5, 0.6) is 0 Å². The fourth-order valence-corrected chi connectivity index (χ4v) is 0.812. The second-order valence-corrected chi connectivity index (χ2v) is 2.58. The number of nitrogens with two attached hydrogens (primary N) is 1. The van der Waals surface area contributed by atoms with Gasteiger partial charge < -0.3 is 5.73 Å². The van der Waals surface area contributed by atoms with Gasteiger partial charge in [0.1, 0.15) is 0 Å². The van der Waals surface area contributed by atoms with Crippen LogP contribution in [0.2, 0.25) is 0 Å². The molecule has 0 aliphatic rings. The van der Waals surface area contributed by atoms with Gasteiger partial charge in [-0.1, -0.05) is 0 Å². The van der Waals surface area contributed by atoms with Gasteiger partial charge in [0, 0.05) is 18.8 Å². The molecule has 2 amide bonds. The van der Waals surface area contributed by atoms with Crippen molar-refractivity contribution in [1.82, 2.24) is 15.2 Å². The van der Waals surface area contributed by atoms with Crippen LogP contribution < -0.4 is 11.2 Å². The lowest BCUT2D eigenvalue weighted by molar-refractivity contribution is 0.249. The minimum absolute atomic E-state index is 0.659. The number of rotatable bonds is 2. The summed E-state index contributed by atoms with van der Waals surface area (Å²) in [5.74, 6) is 0. The Morgan fingerprint density at radius 1 is 1.77 bits per heavy atom. The highest BCUT2D eigenvalue weighted by atomic mass is 16.2. The molecule has 0 fully saturated rings. The SMILES string of the molecule is C/C(=N\NC(N)=O)c1cnn(C)c1. The third kappa shape index (κ3) is 2.58. The molecule has 1 heterocycles. The molecule has 6 heteroatoms. The van der Waals surface area contributed by atoms with Gasteiger partial charge in [0.25, 0.3) is 0 Å². The number of nitrogens with one attached hydrogen (secondary N) is 1. The van der Waals surface area contributed by atoms with Crippen molar-refractivity contribution < 1.29 is 4.79 Å². The summed E-state index contributed by atoms with van der Waals surface area (Å²) in [7, 11) is 1.80. The van der Waals surface area contributed by atoms with Gasteiger partial charge in [0.15, 0.2) is 0 Å². The van der Waals surface area contributed by atoms with Crippen LogP contribution in [0.25, 0.3) is 0 Å².